The number of carboxylic acid groups (broad SMARTS) is 1. The summed E-state index contributed by atoms with van der Waals surface area (Å²) in [5, 5.41) is 21.3. The van der Waals surface area contributed by atoms with Gasteiger partial charge in [-0.2, -0.15) is 5.26 Å². The molecule has 6 nitrogen and oxygen atoms in total. The molecular formula is C18H24N2O4S. The Morgan fingerprint density at radius 1 is 1.44 bits per heavy atom. The summed E-state index contributed by atoms with van der Waals surface area (Å²) in [6.45, 7) is 5.90. The fourth-order valence-electron chi connectivity index (χ4n) is 3.14. The predicted molar refractivity (Wildman–Crippen MR) is 95.7 cm³/mol. The summed E-state index contributed by atoms with van der Waals surface area (Å²) >= 11 is 1.46. The number of thiophene rings is 1. The highest BCUT2D eigenvalue weighted by molar-refractivity contribution is 7.16. The highest BCUT2D eigenvalue weighted by Gasteiger charge is 2.34. The van der Waals surface area contributed by atoms with Crippen molar-refractivity contribution in [3.05, 3.63) is 16.0 Å². The number of aliphatic carboxylic acids is 1. The molecule has 0 bridgehead atoms. The second-order valence-electron chi connectivity index (χ2n) is 7.04. The van der Waals surface area contributed by atoms with Crippen molar-refractivity contribution in [3.8, 4) is 6.07 Å². The average molecular weight is 364 g/mol. The number of nitrogens with one attached hydrogen (secondary N) is 1. The van der Waals surface area contributed by atoms with Crippen LogP contribution in [0.5, 0.6) is 0 Å². The molecule has 2 N–H and O–H groups in total. The minimum Gasteiger partial charge on any atom is -0.480 e. The molecule has 1 aliphatic carbocycles. The fraction of sp³-hybridized carbons (Fsp3) is 0.611. The van der Waals surface area contributed by atoms with Crippen LogP contribution in [0.4, 0.5) is 5.00 Å². The number of hydrogen-bond acceptors (Lipinski definition) is 5. The van der Waals surface area contributed by atoms with Gasteiger partial charge in [-0.05, 0) is 36.2 Å². The topological polar surface area (TPSA) is 99.4 Å². The number of carboxylic acids is 1. The van der Waals surface area contributed by atoms with E-state index in [0.717, 1.165) is 31.2 Å². The molecule has 7 heteroatoms. The van der Waals surface area contributed by atoms with Crippen molar-refractivity contribution in [3.63, 3.8) is 0 Å². The molecule has 1 aromatic heterocycles. The Bertz CT molecular complexity index is 703. The maximum atomic E-state index is 11.9. The molecule has 2 rings (SSSR count). The van der Waals surface area contributed by atoms with Gasteiger partial charge in [0.2, 0.25) is 0 Å². The molecule has 0 spiro atoms. The van der Waals surface area contributed by atoms with E-state index >= 15 is 0 Å². The third-order valence-electron chi connectivity index (χ3n) is 5.11. The lowest BCUT2D eigenvalue weighted by atomic mass is 9.69. The van der Waals surface area contributed by atoms with Gasteiger partial charge in [-0.15, -0.1) is 11.3 Å². The highest BCUT2D eigenvalue weighted by atomic mass is 32.1. The van der Waals surface area contributed by atoms with Crippen LogP contribution in [0.15, 0.2) is 0 Å². The van der Waals surface area contributed by atoms with E-state index in [9.17, 15) is 14.9 Å². The van der Waals surface area contributed by atoms with Crippen molar-refractivity contribution in [2.24, 2.45) is 11.3 Å². The van der Waals surface area contributed by atoms with Gasteiger partial charge in [0.25, 0.3) is 5.91 Å². The van der Waals surface area contributed by atoms with Crippen LogP contribution in [0.2, 0.25) is 0 Å². The molecule has 136 valence electrons. The van der Waals surface area contributed by atoms with Gasteiger partial charge >= 0.3 is 5.97 Å². The summed E-state index contributed by atoms with van der Waals surface area (Å²) in [6, 6.07) is 2.21. The van der Waals surface area contributed by atoms with Crippen LogP contribution in [-0.4, -0.2) is 30.2 Å². The first-order chi connectivity index (χ1) is 11.8. The minimum absolute atomic E-state index is 0.253. The fourth-order valence-corrected chi connectivity index (χ4v) is 4.44. The van der Waals surface area contributed by atoms with Gasteiger partial charge in [-0.3, -0.25) is 4.79 Å². The van der Waals surface area contributed by atoms with Gasteiger partial charge in [0.1, 0.15) is 24.3 Å². The number of rotatable bonds is 7. The largest absolute Gasteiger partial charge is 0.480 e. The third-order valence-corrected chi connectivity index (χ3v) is 6.27. The Balaban J connectivity index is 2.11. The first kappa shape index (κ1) is 19.4. The van der Waals surface area contributed by atoms with Crippen molar-refractivity contribution >= 4 is 28.2 Å². The average Bonchev–Trinajstić information content (AvgIpc) is 2.90. The summed E-state index contributed by atoms with van der Waals surface area (Å²) in [5.41, 5.74) is 1.85. The van der Waals surface area contributed by atoms with Crippen LogP contribution < -0.4 is 5.32 Å². The first-order valence-electron chi connectivity index (χ1n) is 8.42. The number of anilines is 1. The number of nitrogens with zero attached hydrogens (tertiary/aromatic N) is 1. The molecule has 0 fully saturated rings. The van der Waals surface area contributed by atoms with Crippen LogP contribution in [0.3, 0.4) is 0 Å². The number of carbonyl (C=O) groups is 2. The molecule has 1 heterocycles. The molecule has 25 heavy (non-hydrogen) atoms. The van der Waals surface area contributed by atoms with E-state index in [0.29, 0.717) is 16.5 Å². The van der Waals surface area contributed by atoms with E-state index in [2.05, 4.69) is 32.2 Å². The Morgan fingerprint density at radius 3 is 2.76 bits per heavy atom. The molecule has 1 aliphatic rings. The second kappa shape index (κ2) is 7.98. The Labute approximate surface area is 151 Å². The maximum Gasteiger partial charge on any atom is 0.329 e. The van der Waals surface area contributed by atoms with Gasteiger partial charge in [-0.25, -0.2) is 4.79 Å². The van der Waals surface area contributed by atoms with Crippen molar-refractivity contribution < 1.29 is 19.4 Å². The lowest BCUT2D eigenvalue weighted by molar-refractivity contribution is -0.143. The molecule has 1 aromatic rings. The summed E-state index contributed by atoms with van der Waals surface area (Å²) in [6.07, 6.45) is 3.94. The SMILES string of the molecule is CCC(C)(C)[C@@H]1CCc2c(sc(NC(=O)COCC(=O)O)c2C#N)C1. The molecule has 0 aromatic carbocycles. The molecule has 0 saturated heterocycles. The number of amides is 1. The van der Waals surface area contributed by atoms with Crippen molar-refractivity contribution in [2.45, 2.75) is 46.5 Å². The van der Waals surface area contributed by atoms with Crippen LogP contribution >= 0.6 is 11.3 Å². The zero-order valence-corrected chi connectivity index (χ0v) is 15.7. The van der Waals surface area contributed by atoms with Gasteiger partial charge < -0.3 is 15.2 Å². The Hall–Kier alpha value is -1.91. The molecule has 0 saturated carbocycles. The molecule has 1 amide bonds. The summed E-state index contributed by atoms with van der Waals surface area (Å²) < 4.78 is 4.79. The van der Waals surface area contributed by atoms with Gasteiger partial charge in [-0.1, -0.05) is 27.2 Å². The molecule has 0 radical (unpaired) electrons. The third kappa shape index (κ3) is 4.59. The zero-order valence-electron chi connectivity index (χ0n) is 14.8. The monoisotopic (exact) mass is 364 g/mol. The number of nitriles is 1. The van der Waals surface area contributed by atoms with Crippen molar-refractivity contribution in [1.82, 2.24) is 0 Å². The molecule has 0 unspecified atom stereocenters. The number of fused-ring (bicyclic) bond motifs is 1. The smallest absolute Gasteiger partial charge is 0.329 e. The van der Waals surface area contributed by atoms with E-state index in [1.54, 1.807) is 0 Å². The van der Waals surface area contributed by atoms with E-state index in [1.165, 1.54) is 16.2 Å². The van der Waals surface area contributed by atoms with Gasteiger partial charge in [0, 0.05) is 4.88 Å². The predicted octanol–water partition coefficient (Wildman–Crippen LogP) is 3.20. The molecule has 0 aliphatic heterocycles. The summed E-state index contributed by atoms with van der Waals surface area (Å²) in [5.74, 6) is -0.999. The minimum atomic E-state index is -1.12. The highest BCUT2D eigenvalue weighted by Crippen LogP contribution is 2.45. The van der Waals surface area contributed by atoms with Crippen LogP contribution in [0.25, 0.3) is 0 Å². The lowest BCUT2D eigenvalue weighted by Crippen LogP contribution is -2.28. The van der Waals surface area contributed by atoms with Gasteiger partial charge in [0.05, 0.1) is 5.56 Å². The Kier molecular flexibility index (Phi) is 6.20. The van der Waals surface area contributed by atoms with E-state index in [-0.39, 0.29) is 12.0 Å². The van der Waals surface area contributed by atoms with E-state index < -0.39 is 18.5 Å². The standard InChI is InChI=1S/C18H24N2O4S/c1-4-18(2,3)11-5-6-12-13(8-19)17(25-14(12)7-11)20-15(21)9-24-10-16(22)23/h11H,4-7,9-10H2,1-3H3,(H,20,21)(H,22,23)/t11-/m1/s1. The molecule has 1 atom stereocenters. The first-order valence-corrected chi connectivity index (χ1v) is 9.24. The second-order valence-corrected chi connectivity index (χ2v) is 8.14. The van der Waals surface area contributed by atoms with Crippen LogP contribution in [0, 0.1) is 22.7 Å². The zero-order chi connectivity index (χ0) is 18.6. The van der Waals surface area contributed by atoms with E-state index in [4.69, 9.17) is 9.84 Å². The lowest BCUT2D eigenvalue weighted by Gasteiger charge is -2.36. The van der Waals surface area contributed by atoms with E-state index in [1.807, 2.05) is 0 Å². The quantitative estimate of drug-likeness (QED) is 0.774. The van der Waals surface area contributed by atoms with Crippen molar-refractivity contribution in [1.29, 1.82) is 5.26 Å². The van der Waals surface area contributed by atoms with Gasteiger partial charge in [0.15, 0.2) is 0 Å². The van der Waals surface area contributed by atoms with Crippen molar-refractivity contribution in [2.75, 3.05) is 18.5 Å². The normalized spacial score (nSPS) is 16.8. The van der Waals surface area contributed by atoms with Crippen LogP contribution in [-0.2, 0) is 27.2 Å². The summed E-state index contributed by atoms with van der Waals surface area (Å²) in [7, 11) is 0. The number of hydrogen-bond donors (Lipinski definition) is 2. The maximum absolute atomic E-state index is 11.9. The Morgan fingerprint density at radius 2 is 2.16 bits per heavy atom. The number of ether oxygens (including phenoxy) is 1. The number of carbonyl (C=O) groups excluding carboxylic acids is 1. The van der Waals surface area contributed by atoms with Crippen LogP contribution in [0.1, 0.15) is 49.6 Å². The summed E-state index contributed by atoms with van der Waals surface area (Å²) in [4.78, 5) is 23.5. The molecular weight excluding hydrogens is 340 g/mol.